The van der Waals surface area contributed by atoms with Crippen LogP contribution in [0.5, 0.6) is 0 Å². The molecule has 0 aliphatic rings. The van der Waals surface area contributed by atoms with Crippen LogP contribution in [0.2, 0.25) is 0 Å². The van der Waals surface area contributed by atoms with Crippen LogP contribution in [0.3, 0.4) is 0 Å². The number of thiol groups is 1. The van der Waals surface area contributed by atoms with E-state index in [1.54, 1.807) is 0 Å². The van der Waals surface area contributed by atoms with Gasteiger partial charge in [0.1, 0.15) is 0 Å². The van der Waals surface area contributed by atoms with E-state index in [1.165, 1.54) is 0 Å². The molecule has 0 spiro atoms. The fourth-order valence-corrected chi connectivity index (χ4v) is 1.44. The molecule has 0 saturated heterocycles. The van der Waals surface area contributed by atoms with Crippen LogP contribution in [0.4, 0.5) is 0 Å². The minimum atomic E-state index is 0.168. The van der Waals surface area contributed by atoms with E-state index in [2.05, 4.69) is 35.2 Å². The number of carbonyl (C=O) groups excluding carboxylic acids is 1. The summed E-state index contributed by atoms with van der Waals surface area (Å²) in [5.41, 5.74) is 0.753. The summed E-state index contributed by atoms with van der Waals surface area (Å²) in [7, 11) is 0. The molecule has 0 radical (unpaired) electrons. The highest BCUT2D eigenvalue weighted by Gasteiger charge is 2.03. The first kappa shape index (κ1) is 10.1. The van der Waals surface area contributed by atoms with Gasteiger partial charge in [-0.15, -0.1) is 12.6 Å². The molecule has 0 amide bonds. The Labute approximate surface area is 91.1 Å². The molecule has 0 unspecified atom stereocenters. The van der Waals surface area contributed by atoms with Gasteiger partial charge in [0, 0.05) is 20.4 Å². The molecule has 1 nitrogen and oxygen atoms in total. The minimum absolute atomic E-state index is 0.168. The summed E-state index contributed by atoms with van der Waals surface area (Å²) in [4.78, 5) is 12.1. The molecule has 0 heterocycles. The molecule has 1 rings (SSSR count). The van der Waals surface area contributed by atoms with E-state index >= 15 is 0 Å². The lowest BCUT2D eigenvalue weighted by Gasteiger charge is -2.00. The van der Waals surface area contributed by atoms with E-state index in [0.29, 0.717) is 6.42 Å². The number of benzene rings is 1. The Hall–Kier alpha value is -0.0300. The molecule has 1 aromatic rings. The van der Waals surface area contributed by atoms with Gasteiger partial charge in [0.25, 0.3) is 0 Å². The second-order valence-electron chi connectivity index (χ2n) is 2.44. The molecule has 0 N–H and O–H groups in total. The molecule has 0 aliphatic carbocycles. The van der Waals surface area contributed by atoms with E-state index < -0.39 is 0 Å². The Morgan fingerprint density at radius 1 is 1.58 bits per heavy atom. The second-order valence-corrected chi connectivity index (χ2v) is 4.09. The maximum Gasteiger partial charge on any atom is 0.162 e. The van der Waals surface area contributed by atoms with Crippen molar-refractivity contribution in [3.05, 3.63) is 27.3 Å². The number of halogens is 1. The topological polar surface area (TPSA) is 17.1 Å². The molecule has 0 atom stereocenters. The van der Waals surface area contributed by atoms with Gasteiger partial charge in [0.15, 0.2) is 5.78 Å². The summed E-state index contributed by atoms with van der Waals surface area (Å²) in [6, 6.07) is 5.57. The molecule has 0 aliphatic heterocycles. The summed E-state index contributed by atoms with van der Waals surface area (Å²) < 4.78 is 1.07. The van der Waals surface area contributed by atoms with Gasteiger partial charge < -0.3 is 0 Å². The van der Waals surface area contributed by atoms with Crippen LogP contribution in [0.15, 0.2) is 23.1 Å². The zero-order valence-corrected chi connectivity index (χ0v) is 9.72. The van der Waals surface area contributed by atoms with Crippen LogP contribution in [-0.2, 0) is 0 Å². The molecule has 1 aromatic carbocycles. The third-order valence-corrected chi connectivity index (χ3v) is 3.33. The number of rotatable bonds is 2. The molecular formula is C9H9IOS. The Morgan fingerprint density at radius 2 is 2.25 bits per heavy atom. The SMILES string of the molecule is CCC(=O)c1ccc(I)c(S)c1. The third-order valence-electron chi connectivity index (χ3n) is 1.59. The predicted molar refractivity (Wildman–Crippen MR) is 61.0 cm³/mol. The zero-order chi connectivity index (χ0) is 9.14. The monoisotopic (exact) mass is 292 g/mol. The van der Waals surface area contributed by atoms with Crippen molar-refractivity contribution in [3.63, 3.8) is 0 Å². The molecule has 12 heavy (non-hydrogen) atoms. The van der Waals surface area contributed by atoms with Crippen molar-refractivity contribution in [2.75, 3.05) is 0 Å². The first-order valence-electron chi connectivity index (χ1n) is 3.67. The molecular weight excluding hydrogens is 283 g/mol. The van der Waals surface area contributed by atoms with Crippen molar-refractivity contribution in [1.29, 1.82) is 0 Å². The average Bonchev–Trinajstić information content (AvgIpc) is 2.08. The third kappa shape index (κ3) is 2.23. The number of hydrogen-bond donors (Lipinski definition) is 1. The summed E-state index contributed by atoms with van der Waals surface area (Å²) in [5.74, 6) is 0.168. The van der Waals surface area contributed by atoms with Gasteiger partial charge >= 0.3 is 0 Å². The van der Waals surface area contributed by atoms with E-state index in [-0.39, 0.29) is 5.78 Å². The molecule has 64 valence electrons. The number of hydrogen-bond acceptors (Lipinski definition) is 2. The van der Waals surface area contributed by atoms with Crippen LogP contribution < -0.4 is 0 Å². The van der Waals surface area contributed by atoms with E-state index in [1.807, 2.05) is 25.1 Å². The lowest BCUT2D eigenvalue weighted by atomic mass is 10.1. The quantitative estimate of drug-likeness (QED) is 0.503. The molecule has 3 heteroatoms. The molecule has 0 saturated carbocycles. The average molecular weight is 292 g/mol. The fraction of sp³-hybridized carbons (Fsp3) is 0.222. The van der Waals surface area contributed by atoms with Gasteiger partial charge in [-0.05, 0) is 34.7 Å². The van der Waals surface area contributed by atoms with Gasteiger partial charge in [-0.1, -0.05) is 13.0 Å². The van der Waals surface area contributed by atoms with Gasteiger partial charge in [-0.2, -0.15) is 0 Å². The molecule has 0 aromatic heterocycles. The number of carbonyl (C=O) groups is 1. The van der Waals surface area contributed by atoms with Crippen LogP contribution >= 0.6 is 35.2 Å². The van der Waals surface area contributed by atoms with E-state index in [4.69, 9.17) is 0 Å². The van der Waals surface area contributed by atoms with Crippen molar-refractivity contribution in [1.82, 2.24) is 0 Å². The smallest absolute Gasteiger partial charge is 0.162 e. The maximum atomic E-state index is 11.2. The van der Waals surface area contributed by atoms with E-state index in [9.17, 15) is 4.79 Å². The Kier molecular flexibility index (Phi) is 3.58. The van der Waals surface area contributed by atoms with Crippen molar-refractivity contribution < 1.29 is 4.79 Å². The lowest BCUT2D eigenvalue weighted by Crippen LogP contribution is -1.96. The van der Waals surface area contributed by atoms with Crippen molar-refractivity contribution in [3.8, 4) is 0 Å². The fourth-order valence-electron chi connectivity index (χ4n) is 0.890. The highest BCUT2D eigenvalue weighted by atomic mass is 127. The summed E-state index contributed by atoms with van der Waals surface area (Å²) in [5, 5.41) is 0. The summed E-state index contributed by atoms with van der Waals surface area (Å²) >= 11 is 6.43. The summed E-state index contributed by atoms with van der Waals surface area (Å²) in [6.07, 6.45) is 0.549. The first-order valence-corrected chi connectivity index (χ1v) is 5.19. The van der Waals surface area contributed by atoms with Crippen LogP contribution in [-0.4, -0.2) is 5.78 Å². The van der Waals surface area contributed by atoms with Gasteiger partial charge in [0.05, 0.1) is 0 Å². The van der Waals surface area contributed by atoms with E-state index in [0.717, 1.165) is 14.0 Å². The van der Waals surface area contributed by atoms with Crippen molar-refractivity contribution in [2.24, 2.45) is 0 Å². The zero-order valence-electron chi connectivity index (χ0n) is 6.67. The minimum Gasteiger partial charge on any atom is -0.294 e. The Bertz CT molecular complexity index is 309. The first-order chi connectivity index (χ1) is 5.65. The Morgan fingerprint density at radius 3 is 2.75 bits per heavy atom. The molecule has 0 fully saturated rings. The summed E-state index contributed by atoms with van der Waals surface area (Å²) in [6.45, 7) is 1.86. The normalized spacial score (nSPS) is 9.92. The maximum absolute atomic E-state index is 11.2. The highest BCUT2D eigenvalue weighted by molar-refractivity contribution is 14.1. The molecule has 0 bridgehead atoms. The Balaban J connectivity index is 3.05. The highest BCUT2D eigenvalue weighted by Crippen LogP contribution is 2.18. The second kappa shape index (κ2) is 4.28. The van der Waals surface area contributed by atoms with Crippen molar-refractivity contribution in [2.45, 2.75) is 18.2 Å². The van der Waals surface area contributed by atoms with Gasteiger partial charge in [-0.25, -0.2) is 0 Å². The van der Waals surface area contributed by atoms with Gasteiger partial charge in [0.2, 0.25) is 0 Å². The van der Waals surface area contributed by atoms with Crippen LogP contribution in [0.1, 0.15) is 23.7 Å². The standard InChI is InChI=1S/C9H9IOS/c1-2-8(11)6-3-4-7(10)9(12)5-6/h3-5,12H,2H2,1H3. The number of Topliss-reactive ketones (excluding diaryl/α,β-unsaturated/α-hetero) is 1. The number of ketones is 1. The van der Waals surface area contributed by atoms with Gasteiger partial charge in [-0.3, -0.25) is 4.79 Å². The predicted octanol–water partition coefficient (Wildman–Crippen LogP) is 3.17. The van der Waals surface area contributed by atoms with Crippen molar-refractivity contribution >= 4 is 41.0 Å². The van der Waals surface area contributed by atoms with Crippen LogP contribution in [0, 0.1) is 3.57 Å². The lowest BCUT2D eigenvalue weighted by molar-refractivity contribution is 0.0988. The van der Waals surface area contributed by atoms with Crippen LogP contribution in [0.25, 0.3) is 0 Å². The largest absolute Gasteiger partial charge is 0.294 e.